The van der Waals surface area contributed by atoms with Gasteiger partial charge in [0.2, 0.25) is 5.91 Å². The Morgan fingerprint density at radius 3 is 2.82 bits per heavy atom. The highest BCUT2D eigenvalue weighted by Crippen LogP contribution is 2.31. The van der Waals surface area contributed by atoms with E-state index in [4.69, 9.17) is 5.73 Å². The predicted molar refractivity (Wildman–Crippen MR) is 51.0 cm³/mol. The fourth-order valence-corrected chi connectivity index (χ4v) is 2.52. The van der Waals surface area contributed by atoms with Crippen LogP contribution in [0.2, 0.25) is 0 Å². The number of hydrogen-bond acceptors (Lipinski definition) is 4. The summed E-state index contributed by atoms with van der Waals surface area (Å²) in [6.45, 7) is 1.77. The molecular weight excluding hydrogens is 180 g/mol. The highest BCUT2D eigenvalue weighted by molar-refractivity contribution is 8.38. The van der Waals surface area contributed by atoms with E-state index in [2.05, 4.69) is 4.99 Å². The number of carbonyl (C=O) groups is 1. The number of aliphatic imine (C=N–C) groups is 1. The van der Waals surface area contributed by atoms with Crippen molar-refractivity contribution in [2.45, 2.75) is 12.5 Å². The van der Waals surface area contributed by atoms with Crippen LogP contribution in [0.15, 0.2) is 4.99 Å². The molecule has 0 saturated carbocycles. The van der Waals surface area contributed by atoms with Gasteiger partial charge in [0.1, 0.15) is 9.91 Å². The molecule has 11 heavy (non-hydrogen) atoms. The quantitative estimate of drug-likeness (QED) is 0.662. The lowest BCUT2D eigenvalue weighted by Gasteiger charge is -2.12. The van der Waals surface area contributed by atoms with E-state index in [1.54, 1.807) is 30.4 Å². The van der Waals surface area contributed by atoms with Crippen molar-refractivity contribution in [2.24, 2.45) is 10.7 Å². The van der Waals surface area contributed by atoms with E-state index < -0.39 is 5.54 Å². The summed E-state index contributed by atoms with van der Waals surface area (Å²) in [5, 5.41) is 0. The van der Waals surface area contributed by atoms with Gasteiger partial charge in [0.15, 0.2) is 0 Å². The molecule has 0 aliphatic carbocycles. The number of thioether (sulfide) groups is 2. The van der Waals surface area contributed by atoms with Crippen LogP contribution in [-0.4, -0.2) is 27.8 Å². The molecule has 2 N–H and O–H groups in total. The SMILES string of the molecule is CSC1=NC(C)(C(N)=O)CS1. The average Bonchev–Trinajstić information content (AvgIpc) is 2.33. The van der Waals surface area contributed by atoms with E-state index in [1.165, 1.54) is 0 Å². The Morgan fingerprint density at radius 2 is 2.55 bits per heavy atom. The van der Waals surface area contributed by atoms with Crippen molar-refractivity contribution in [1.82, 2.24) is 0 Å². The van der Waals surface area contributed by atoms with Gasteiger partial charge in [-0.15, -0.1) is 11.8 Å². The largest absolute Gasteiger partial charge is 0.368 e. The Kier molecular flexibility index (Phi) is 2.49. The van der Waals surface area contributed by atoms with Crippen LogP contribution >= 0.6 is 23.5 Å². The number of amides is 1. The highest BCUT2D eigenvalue weighted by atomic mass is 32.2. The number of hydrogen-bond donors (Lipinski definition) is 1. The Hall–Kier alpha value is -0.160. The maximum atomic E-state index is 10.9. The second kappa shape index (κ2) is 3.06. The molecular formula is C6H10N2OS2. The van der Waals surface area contributed by atoms with Crippen LogP contribution in [0.25, 0.3) is 0 Å². The third kappa shape index (κ3) is 1.70. The summed E-state index contributed by atoms with van der Waals surface area (Å²) < 4.78 is 0.950. The van der Waals surface area contributed by atoms with E-state index >= 15 is 0 Å². The van der Waals surface area contributed by atoms with E-state index in [0.29, 0.717) is 5.75 Å². The minimum absolute atomic E-state index is 0.339. The standard InChI is InChI=1S/C6H10N2OS2/c1-6(4(7)9)3-11-5(8-6)10-2/h3H2,1-2H3,(H2,7,9). The Labute approximate surface area is 74.2 Å². The van der Waals surface area contributed by atoms with Crippen LogP contribution in [0, 0.1) is 0 Å². The van der Waals surface area contributed by atoms with Gasteiger partial charge in [-0.25, -0.2) is 0 Å². The molecule has 0 spiro atoms. The van der Waals surface area contributed by atoms with Crippen LogP contribution in [-0.2, 0) is 4.79 Å². The molecule has 1 aliphatic rings. The van der Waals surface area contributed by atoms with E-state index in [0.717, 1.165) is 4.38 Å². The van der Waals surface area contributed by atoms with E-state index in [9.17, 15) is 4.79 Å². The van der Waals surface area contributed by atoms with Crippen LogP contribution in [0.1, 0.15) is 6.92 Å². The minimum atomic E-state index is -0.664. The Balaban J connectivity index is 2.78. The molecule has 0 radical (unpaired) electrons. The maximum absolute atomic E-state index is 10.9. The molecule has 62 valence electrons. The summed E-state index contributed by atoms with van der Waals surface area (Å²) in [6.07, 6.45) is 1.94. The molecule has 0 saturated heterocycles. The monoisotopic (exact) mass is 190 g/mol. The van der Waals surface area contributed by atoms with Gasteiger partial charge in [0.25, 0.3) is 0 Å². The zero-order chi connectivity index (χ0) is 8.48. The summed E-state index contributed by atoms with van der Waals surface area (Å²) in [6, 6.07) is 0. The van der Waals surface area contributed by atoms with Crippen molar-refractivity contribution >= 4 is 33.8 Å². The number of nitrogens with zero attached hydrogens (tertiary/aromatic N) is 1. The van der Waals surface area contributed by atoms with Crippen LogP contribution in [0.3, 0.4) is 0 Å². The summed E-state index contributed by atoms with van der Waals surface area (Å²) in [5.41, 5.74) is 4.52. The van der Waals surface area contributed by atoms with Crippen molar-refractivity contribution in [3.05, 3.63) is 0 Å². The van der Waals surface area contributed by atoms with Gasteiger partial charge in [-0.1, -0.05) is 11.8 Å². The lowest BCUT2D eigenvalue weighted by atomic mass is 10.1. The molecule has 1 heterocycles. The molecule has 3 nitrogen and oxygen atoms in total. The first kappa shape index (κ1) is 8.93. The van der Waals surface area contributed by atoms with Crippen molar-refractivity contribution < 1.29 is 4.79 Å². The van der Waals surface area contributed by atoms with Crippen LogP contribution in [0.4, 0.5) is 0 Å². The van der Waals surface area contributed by atoms with E-state index in [-0.39, 0.29) is 5.91 Å². The second-order valence-electron chi connectivity index (χ2n) is 2.51. The molecule has 0 aromatic carbocycles. The molecule has 1 amide bonds. The van der Waals surface area contributed by atoms with Gasteiger partial charge in [-0.3, -0.25) is 9.79 Å². The zero-order valence-corrected chi connectivity index (χ0v) is 8.09. The molecule has 0 aromatic rings. The van der Waals surface area contributed by atoms with Gasteiger partial charge in [0, 0.05) is 5.75 Å². The first-order valence-corrected chi connectivity index (χ1v) is 5.36. The summed E-state index contributed by atoms with van der Waals surface area (Å²) >= 11 is 3.15. The minimum Gasteiger partial charge on any atom is -0.368 e. The number of primary amides is 1. The smallest absolute Gasteiger partial charge is 0.245 e. The van der Waals surface area contributed by atoms with Crippen LogP contribution < -0.4 is 5.73 Å². The third-order valence-corrected chi connectivity index (χ3v) is 3.86. The second-order valence-corrected chi connectivity index (χ2v) is 4.53. The maximum Gasteiger partial charge on any atom is 0.245 e. The molecule has 5 heteroatoms. The summed E-state index contributed by atoms with van der Waals surface area (Å²) in [4.78, 5) is 15.1. The van der Waals surface area contributed by atoms with Gasteiger partial charge in [-0.05, 0) is 13.2 Å². The lowest BCUT2D eigenvalue weighted by Crippen LogP contribution is -2.39. The molecule has 1 unspecified atom stereocenters. The normalized spacial score (nSPS) is 30.2. The summed E-state index contributed by atoms with van der Waals surface area (Å²) in [5.74, 6) is 0.340. The van der Waals surface area contributed by atoms with Crippen molar-refractivity contribution in [3.63, 3.8) is 0 Å². The third-order valence-electron chi connectivity index (χ3n) is 1.52. The fraction of sp³-hybridized carbons (Fsp3) is 0.667. The van der Waals surface area contributed by atoms with Crippen molar-refractivity contribution in [1.29, 1.82) is 0 Å². The molecule has 1 atom stereocenters. The van der Waals surface area contributed by atoms with Gasteiger partial charge >= 0.3 is 0 Å². The van der Waals surface area contributed by atoms with Crippen molar-refractivity contribution in [2.75, 3.05) is 12.0 Å². The first-order chi connectivity index (χ1) is 5.08. The van der Waals surface area contributed by atoms with Gasteiger partial charge in [0.05, 0.1) is 0 Å². The first-order valence-electron chi connectivity index (χ1n) is 3.15. The van der Waals surface area contributed by atoms with Crippen LogP contribution in [0.5, 0.6) is 0 Å². The lowest BCUT2D eigenvalue weighted by molar-refractivity contribution is -0.121. The van der Waals surface area contributed by atoms with E-state index in [1.807, 2.05) is 6.26 Å². The van der Waals surface area contributed by atoms with Crippen molar-refractivity contribution in [3.8, 4) is 0 Å². The molecule has 1 aliphatic heterocycles. The number of carbonyl (C=O) groups excluding carboxylic acids is 1. The molecule has 0 fully saturated rings. The average molecular weight is 190 g/mol. The Morgan fingerprint density at radius 1 is 1.91 bits per heavy atom. The predicted octanol–water partition coefficient (Wildman–Crippen LogP) is 0.696. The number of nitrogens with two attached hydrogens (primary N) is 1. The Bertz CT molecular complexity index is 217. The topological polar surface area (TPSA) is 55.4 Å². The molecule has 1 rings (SSSR count). The van der Waals surface area contributed by atoms with Gasteiger partial charge in [-0.2, -0.15) is 0 Å². The van der Waals surface area contributed by atoms with Gasteiger partial charge < -0.3 is 5.73 Å². The highest BCUT2D eigenvalue weighted by Gasteiger charge is 2.35. The zero-order valence-electron chi connectivity index (χ0n) is 6.46. The fourth-order valence-electron chi connectivity index (χ4n) is 0.699. The number of rotatable bonds is 1. The molecule has 0 bridgehead atoms. The summed E-state index contributed by atoms with van der Waals surface area (Å²) in [7, 11) is 0. The molecule has 0 aromatic heterocycles.